The molecule has 5 unspecified atom stereocenters. The molecule has 5 atom stereocenters. The Balaban J connectivity index is 5.66. The van der Waals surface area contributed by atoms with Gasteiger partial charge < -0.3 is 48.5 Å². The van der Waals surface area contributed by atoms with Crippen LogP contribution in [0.3, 0.4) is 0 Å². The van der Waals surface area contributed by atoms with Crippen LogP contribution in [0.2, 0.25) is 0 Å². The first-order chi connectivity index (χ1) is 15.6. The van der Waals surface area contributed by atoms with Crippen molar-refractivity contribution in [1.29, 1.82) is 0 Å². The molecule has 16 heteroatoms. The molecule has 12 N–H and O–H groups in total. The highest BCUT2D eigenvalue weighted by Gasteiger charge is 2.31. The summed E-state index contributed by atoms with van der Waals surface area (Å²) in [7, 11) is 0. The molecule has 0 saturated heterocycles. The van der Waals surface area contributed by atoms with Gasteiger partial charge in [0.2, 0.25) is 29.5 Å². The Labute approximate surface area is 193 Å². The molecule has 0 radical (unpaired) electrons. The number of rotatable bonds is 16. The van der Waals surface area contributed by atoms with Crippen molar-refractivity contribution in [2.75, 3.05) is 0 Å². The topological polar surface area (TPSA) is 294 Å². The first kappa shape index (κ1) is 30.2. The van der Waals surface area contributed by atoms with Crippen molar-refractivity contribution in [3.05, 3.63) is 0 Å². The number of hydrogen-bond donors (Lipinski definition) is 9. The van der Waals surface area contributed by atoms with Gasteiger partial charge in [0.25, 0.3) is 0 Å². The van der Waals surface area contributed by atoms with Crippen LogP contribution in [-0.2, 0) is 33.6 Å². The molecular weight excluding hydrogens is 460 g/mol. The van der Waals surface area contributed by atoms with Crippen molar-refractivity contribution >= 4 is 41.5 Å². The van der Waals surface area contributed by atoms with Crippen LogP contribution in [-0.4, -0.2) is 87.1 Å². The van der Waals surface area contributed by atoms with E-state index in [-0.39, 0.29) is 12.8 Å². The van der Waals surface area contributed by atoms with Crippen molar-refractivity contribution in [1.82, 2.24) is 16.0 Å². The zero-order valence-electron chi connectivity index (χ0n) is 18.4. The maximum atomic E-state index is 12.7. The van der Waals surface area contributed by atoms with Crippen LogP contribution in [0.25, 0.3) is 0 Å². The number of carboxylic acid groups (broad SMARTS) is 2. The molecule has 0 rings (SSSR count). The lowest BCUT2D eigenvalue weighted by Gasteiger charge is -2.25. The van der Waals surface area contributed by atoms with Crippen LogP contribution in [0.4, 0.5) is 0 Å². The van der Waals surface area contributed by atoms with E-state index in [1.54, 1.807) is 0 Å². The van der Waals surface area contributed by atoms with Gasteiger partial charge in [-0.15, -0.1) is 0 Å². The summed E-state index contributed by atoms with van der Waals surface area (Å²) in [6.45, 7) is 1.22. The van der Waals surface area contributed by atoms with Gasteiger partial charge in [-0.1, -0.05) is 0 Å². The number of hydrogen-bond acceptors (Lipinski definition) is 9. The van der Waals surface area contributed by atoms with Crippen molar-refractivity contribution < 1.29 is 48.9 Å². The van der Waals surface area contributed by atoms with Crippen molar-refractivity contribution in [3.8, 4) is 0 Å². The van der Waals surface area contributed by atoms with Gasteiger partial charge in [0.15, 0.2) is 0 Å². The van der Waals surface area contributed by atoms with Crippen molar-refractivity contribution in [2.45, 2.75) is 69.3 Å². The third-order valence-corrected chi connectivity index (χ3v) is 4.43. The van der Waals surface area contributed by atoms with Gasteiger partial charge >= 0.3 is 11.9 Å². The molecule has 0 aliphatic heterocycles. The van der Waals surface area contributed by atoms with Crippen molar-refractivity contribution in [2.24, 2.45) is 17.2 Å². The summed E-state index contributed by atoms with van der Waals surface area (Å²) in [6, 6.07) is -6.24. The van der Waals surface area contributed by atoms with Gasteiger partial charge in [0.05, 0.1) is 12.5 Å². The van der Waals surface area contributed by atoms with E-state index in [1.165, 1.54) is 6.92 Å². The Morgan fingerprint density at radius 1 is 0.735 bits per heavy atom. The number of nitrogens with one attached hydrogen (secondary N) is 3. The largest absolute Gasteiger partial charge is 0.481 e. The summed E-state index contributed by atoms with van der Waals surface area (Å²) < 4.78 is 0. The summed E-state index contributed by atoms with van der Waals surface area (Å²) in [4.78, 5) is 81.8. The quantitative estimate of drug-likeness (QED) is 0.0988. The van der Waals surface area contributed by atoms with E-state index < -0.39 is 91.0 Å². The normalized spacial score (nSPS) is 15.0. The average Bonchev–Trinajstić information content (AvgIpc) is 2.71. The fourth-order valence-electron chi connectivity index (χ4n) is 2.52. The number of nitrogens with two attached hydrogens (primary N) is 3. The number of primary amides is 2. The number of carbonyl (C=O) groups excluding carboxylic acids is 5. The Morgan fingerprint density at radius 3 is 1.56 bits per heavy atom. The highest BCUT2D eigenvalue weighted by Crippen LogP contribution is 2.05. The van der Waals surface area contributed by atoms with E-state index in [1.807, 2.05) is 5.32 Å². The second kappa shape index (κ2) is 14.4. The summed E-state index contributed by atoms with van der Waals surface area (Å²) in [6.07, 6.45) is -3.85. The van der Waals surface area contributed by atoms with E-state index in [2.05, 4.69) is 10.6 Å². The number of carbonyl (C=O) groups is 7. The van der Waals surface area contributed by atoms with E-state index >= 15 is 0 Å². The van der Waals surface area contributed by atoms with Gasteiger partial charge in [-0.25, -0.2) is 4.79 Å². The molecule has 0 bridgehead atoms. The summed E-state index contributed by atoms with van der Waals surface area (Å²) in [5.41, 5.74) is 15.5. The van der Waals surface area contributed by atoms with E-state index in [0.29, 0.717) is 0 Å². The second-order valence-corrected chi connectivity index (χ2v) is 7.40. The Morgan fingerprint density at radius 2 is 1.18 bits per heavy atom. The lowest BCUT2D eigenvalue weighted by atomic mass is 10.1. The molecule has 0 saturated carbocycles. The van der Waals surface area contributed by atoms with Gasteiger partial charge in [-0.2, -0.15) is 0 Å². The molecule has 0 fully saturated rings. The molecule has 34 heavy (non-hydrogen) atoms. The third-order valence-electron chi connectivity index (χ3n) is 4.43. The Hall–Kier alpha value is -3.79. The molecule has 0 aromatic heterocycles. The maximum absolute atomic E-state index is 12.7. The SMILES string of the molecule is CC(O)C(N)C(=O)NC(CCC(N)=O)C(=O)NC(CCC(=O)O)C(=O)NC(CC(N)=O)C(=O)O. The molecule has 192 valence electrons. The monoisotopic (exact) mass is 490 g/mol. The first-order valence-electron chi connectivity index (χ1n) is 10.0. The molecule has 5 amide bonds. The van der Waals surface area contributed by atoms with Crippen LogP contribution in [0.15, 0.2) is 0 Å². The average molecular weight is 490 g/mol. The number of aliphatic carboxylic acids is 2. The van der Waals surface area contributed by atoms with Crippen LogP contribution in [0, 0.1) is 0 Å². The number of aliphatic hydroxyl groups is 1. The Bertz CT molecular complexity index is 802. The Kier molecular flexibility index (Phi) is 12.8. The molecule has 0 aromatic carbocycles. The third kappa shape index (κ3) is 11.7. The molecule has 16 nitrogen and oxygen atoms in total. The molecule has 0 spiro atoms. The van der Waals surface area contributed by atoms with Gasteiger partial charge in [-0.05, 0) is 19.8 Å². The van der Waals surface area contributed by atoms with E-state index in [4.69, 9.17) is 27.4 Å². The highest BCUT2D eigenvalue weighted by molar-refractivity contribution is 5.95. The zero-order valence-corrected chi connectivity index (χ0v) is 18.4. The van der Waals surface area contributed by atoms with E-state index in [9.17, 15) is 38.7 Å². The predicted molar refractivity (Wildman–Crippen MR) is 112 cm³/mol. The van der Waals surface area contributed by atoms with E-state index in [0.717, 1.165) is 0 Å². The standard InChI is InChI=1S/C18H30N6O10/c1-7(25)14(21)17(32)23-8(2-4-11(19)26)15(30)22-9(3-5-13(28)29)16(31)24-10(18(33)34)6-12(20)27/h7-10,14,25H,2-6,21H2,1H3,(H2,19,26)(H2,20,27)(H,22,30)(H,23,32)(H,24,31)(H,28,29)(H,33,34). The summed E-state index contributed by atoms with van der Waals surface area (Å²) in [5.74, 6) is -7.93. The molecule has 0 aliphatic carbocycles. The predicted octanol–water partition coefficient (Wildman–Crippen LogP) is -4.76. The molecule has 0 aliphatic rings. The van der Waals surface area contributed by atoms with Gasteiger partial charge in [-0.3, -0.25) is 28.8 Å². The lowest BCUT2D eigenvalue weighted by Crippen LogP contribution is -2.58. The smallest absolute Gasteiger partial charge is 0.326 e. The minimum Gasteiger partial charge on any atom is -0.481 e. The lowest BCUT2D eigenvalue weighted by molar-refractivity contribution is -0.144. The number of aliphatic hydroxyl groups excluding tert-OH is 1. The molecule has 0 aromatic rings. The van der Waals surface area contributed by atoms with Gasteiger partial charge in [0, 0.05) is 12.8 Å². The highest BCUT2D eigenvalue weighted by atomic mass is 16.4. The van der Waals surface area contributed by atoms with Crippen LogP contribution in [0.5, 0.6) is 0 Å². The van der Waals surface area contributed by atoms with Crippen LogP contribution in [0.1, 0.15) is 39.0 Å². The first-order valence-corrected chi connectivity index (χ1v) is 10.0. The fourth-order valence-corrected chi connectivity index (χ4v) is 2.52. The fraction of sp³-hybridized carbons (Fsp3) is 0.611. The molecule has 0 heterocycles. The van der Waals surface area contributed by atoms with Crippen LogP contribution >= 0.6 is 0 Å². The second-order valence-electron chi connectivity index (χ2n) is 7.40. The molecular formula is C18H30N6O10. The summed E-state index contributed by atoms with van der Waals surface area (Å²) in [5, 5.41) is 33.8. The maximum Gasteiger partial charge on any atom is 0.326 e. The zero-order chi connectivity index (χ0) is 26.6. The van der Waals surface area contributed by atoms with Crippen molar-refractivity contribution in [3.63, 3.8) is 0 Å². The number of carboxylic acids is 2. The van der Waals surface area contributed by atoms with Gasteiger partial charge in [0.1, 0.15) is 24.2 Å². The number of amides is 5. The minimum absolute atomic E-state index is 0.327. The summed E-state index contributed by atoms with van der Waals surface area (Å²) >= 11 is 0. The van der Waals surface area contributed by atoms with Crippen LogP contribution < -0.4 is 33.2 Å². The minimum atomic E-state index is -1.75.